The number of aromatic nitrogens is 4. The van der Waals surface area contributed by atoms with E-state index in [1.54, 1.807) is 7.11 Å². The van der Waals surface area contributed by atoms with Crippen molar-refractivity contribution in [2.45, 2.75) is 0 Å². The fourth-order valence-corrected chi connectivity index (χ4v) is 7.09. The Morgan fingerprint density at radius 1 is 0.686 bits per heavy atom. The van der Waals surface area contributed by atoms with Gasteiger partial charge in [0.1, 0.15) is 5.75 Å². The number of aromatic amines is 2. The number of fused-ring (bicyclic) bond motifs is 8. The predicted molar refractivity (Wildman–Crippen MR) is 153 cm³/mol. The number of benzene rings is 1. The summed E-state index contributed by atoms with van der Waals surface area (Å²) in [5, 5.41) is 0. The summed E-state index contributed by atoms with van der Waals surface area (Å²) in [5.41, 5.74) is 9.29. The molecule has 172 valence electrons. The third-order valence-electron chi connectivity index (χ3n) is 5.77. The minimum Gasteiger partial charge on any atom is -0.494 e. The van der Waals surface area contributed by atoms with Crippen LogP contribution in [0.1, 0.15) is 28.3 Å². The second-order valence-corrected chi connectivity index (χ2v) is 10.7. The maximum atomic E-state index is 5.64. The molecule has 2 aliphatic heterocycles. The molecule has 2 aliphatic rings. The van der Waals surface area contributed by atoms with E-state index in [2.05, 4.69) is 94.2 Å². The van der Waals surface area contributed by atoms with Crippen LogP contribution in [-0.2, 0) is 0 Å². The summed E-state index contributed by atoms with van der Waals surface area (Å²) in [6.07, 6.45) is 6.10. The van der Waals surface area contributed by atoms with Gasteiger partial charge in [0.2, 0.25) is 0 Å². The first kappa shape index (κ1) is 22.5. The van der Waals surface area contributed by atoms with Crippen molar-refractivity contribution >= 4 is 93.7 Å². The molecule has 0 aliphatic carbocycles. The van der Waals surface area contributed by atoms with E-state index in [1.165, 1.54) is 0 Å². The van der Waals surface area contributed by atoms with Gasteiger partial charge in [-0.15, -0.1) is 0 Å². The van der Waals surface area contributed by atoms with Gasteiger partial charge in [-0.05, 0) is 105 Å². The average molecular weight is 653 g/mol. The zero-order valence-electron chi connectivity index (χ0n) is 18.4. The summed E-state index contributed by atoms with van der Waals surface area (Å²) in [4.78, 5) is 16.6. The molecule has 5 heterocycles. The van der Waals surface area contributed by atoms with Gasteiger partial charge in [-0.2, -0.15) is 0 Å². The van der Waals surface area contributed by atoms with Crippen molar-refractivity contribution in [3.05, 3.63) is 96.4 Å². The van der Waals surface area contributed by atoms with Gasteiger partial charge in [-0.3, -0.25) is 0 Å². The second kappa shape index (κ2) is 8.93. The molecular formula is C27H17Br3N4O. The smallest absolute Gasteiger partial charge is 0.147 e. The molecule has 6 rings (SSSR count). The number of rotatable bonds is 2. The lowest BCUT2D eigenvalue weighted by Gasteiger charge is -2.14. The molecule has 0 spiro atoms. The minimum atomic E-state index is 0.720. The van der Waals surface area contributed by atoms with Crippen molar-refractivity contribution in [3.8, 4) is 5.75 Å². The minimum absolute atomic E-state index is 0.720. The van der Waals surface area contributed by atoms with Gasteiger partial charge >= 0.3 is 0 Å². The van der Waals surface area contributed by atoms with E-state index in [4.69, 9.17) is 14.7 Å². The highest BCUT2D eigenvalue weighted by atomic mass is 79.9. The Kier molecular flexibility index (Phi) is 5.75. The van der Waals surface area contributed by atoms with E-state index in [9.17, 15) is 0 Å². The summed E-state index contributed by atoms with van der Waals surface area (Å²) < 4.78 is 8.24. The van der Waals surface area contributed by atoms with Crippen LogP contribution in [0.4, 0.5) is 0 Å². The van der Waals surface area contributed by atoms with Gasteiger partial charge in [0.05, 0.1) is 38.8 Å². The number of nitrogens with one attached hydrogen (secondary N) is 2. The normalized spacial score (nSPS) is 12.6. The van der Waals surface area contributed by atoms with Crippen LogP contribution in [0.25, 0.3) is 45.9 Å². The Bertz CT molecular complexity index is 1730. The molecule has 0 atom stereocenters. The number of nitrogens with zero attached hydrogens (tertiary/aromatic N) is 2. The molecule has 0 radical (unpaired) electrons. The Morgan fingerprint density at radius 2 is 1.29 bits per heavy atom. The summed E-state index contributed by atoms with van der Waals surface area (Å²) >= 11 is 11.1. The second-order valence-electron chi connectivity index (χ2n) is 8.15. The lowest BCUT2D eigenvalue weighted by Crippen LogP contribution is -1.95. The fourth-order valence-electron chi connectivity index (χ4n) is 4.22. The van der Waals surface area contributed by atoms with Crippen molar-refractivity contribution in [3.63, 3.8) is 0 Å². The number of ether oxygens (including phenoxy) is 1. The first-order chi connectivity index (χ1) is 17.0. The number of hydrogen-bond donors (Lipinski definition) is 2. The van der Waals surface area contributed by atoms with Gasteiger partial charge in [-0.1, -0.05) is 15.9 Å². The maximum absolute atomic E-state index is 5.64. The SMILES string of the molecule is COc1c(Br)cc(Br)c(C2=Cc3cc4ccc(cc5ccc(cc6nc(cc2n3)C=C6)[nH]5)[nH]4)c1Br. The average Bonchev–Trinajstić information content (AvgIpc) is 3.60. The van der Waals surface area contributed by atoms with Gasteiger partial charge in [-0.25, -0.2) is 9.97 Å². The lowest BCUT2D eigenvalue weighted by atomic mass is 10.0. The van der Waals surface area contributed by atoms with Crippen LogP contribution in [0.5, 0.6) is 5.75 Å². The fraction of sp³-hybridized carbons (Fsp3) is 0.0370. The standard InChI is InChI=1S/C27H17Br3N4O/c1-35-27-23(29)13-22(28)25(26(27)30)21-11-20-10-18-5-4-16(32-18)8-14-2-3-15(31-14)9-17-6-7-19(33-17)12-24(21)34-20/h2-13,31-32H,1H3. The van der Waals surface area contributed by atoms with Gasteiger partial charge < -0.3 is 14.7 Å². The van der Waals surface area contributed by atoms with Crippen molar-refractivity contribution in [1.82, 2.24) is 19.9 Å². The molecule has 35 heavy (non-hydrogen) atoms. The lowest BCUT2D eigenvalue weighted by molar-refractivity contribution is 0.409. The van der Waals surface area contributed by atoms with Crippen molar-refractivity contribution in [2.75, 3.05) is 7.11 Å². The Labute approximate surface area is 226 Å². The number of hydrogen-bond acceptors (Lipinski definition) is 3. The van der Waals surface area contributed by atoms with Crippen molar-refractivity contribution in [1.29, 1.82) is 0 Å². The third-order valence-corrected chi connectivity index (χ3v) is 7.74. The van der Waals surface area contributed by atoms with Gasteiger partial charge in [0.25, 0.3) is 0 Å². The topological polar surface area (TPSA) is 66.6 Å². The van der Waals surface area contributed by atoms with Gasteiger partial charge in [0.15, 0.2) is 0 Å². The highest BCUT2D eigenvalue weighted by molar-refractivity contribution is 9.11. The summed E-state index contributed by atoms with van der Waals surface area (Å²) in [6, 6.07) is 18.4. The van der Waals surface area contributed by atoms with Crippen LogP contribution >= 0.6 is 47.8 Å². The van der Waals surface area contributed by atoms with Crippen LogP contribution in [0, 0.1) is 0 Å². The highest BCUT2D eigenvalue weighted by Gasteiger charge is 2.22. The molecule has 3 aromatic heterocycles. The van der Waals surface area contributed by atoms with Crippen LogP contribution < -0.4 is 4.74 Å². The van der Waals surface area contributed by atoms with E-state index < -0.39 is 0 Å². The van der Waals surface area contributed by atoms with E-state index in [0.29, 0.717) is 0 Å². The molecule has 8 heteroatoms. The maximum Gasteiger partial charge on any atom is 0.147 e. The molecular weight excluding hydrogens is 636 g/mol. The van der Waals surface area contributed by atoms with Crippen LogP contribution in [-0.4, -0.2) is 27.0 Å². The number of halogens is 3. The van der Waals surface area contributed by atoms with Crippen LogP contribution in [0.3, 0.4) is 0 Å². The molecule has 0 fully saturated rings. The molecule has 0 saturated carbocycles. The predicted octanol–water partition coefficient (Wildman–Crippen LogP) is 8.37. The monoisotopic (exact) mass is 650 g/mol. The van der Waals surface area contributed by atoms with Crippen LogP contribution in [0.15, 0.2) is 68.0 Å². The molecule has 2 N–H and O–H groups in total. The summed E-state index contributed by atoms with van der Waals surface area (Å²) in [6.45, 7) is 0. The molecule has 5 nitrogen and oxygen atoms in total. The molecule has 8 bridgehead atoms. The van der Waals surface area contributed by atoms with E-state index in [0.717, 1.165) is 75.1 Å². The van der Waals surface area contributed by atoms with Crippen LogP contribution in [0.2, 0.25) is 0 Å². The Hall–Kier alpha value is -2.94. The molecule has 0 amide bonds. The first-order valence-electron chi connectivity index (χ1n) is 10.8. The third kappa shape index (κ3) is 4.30. The Balaban J connectivity index is 1.65. The molecule has 0 saturated heterocycles. The highest BCUT2D eigenvalue weighted by Crippen LogP contribution is 2.45. The van der Waals surface area contributed by atoms with Crippen molar-refractivity contribution < 1.29 is 4.74 Å². The number of H-pyrrole nitrogens is 2. The zero-order valence-corrected chi connectivity index (χ0v) is 23.1. The summed E-state index contributed by atoms with van der Waals surface area (Å²) in [5.74, 6) is 0.720. The Morgan fingerprint density at radius 3 is 1.94 bits per heavy atom. The molecule has 4 aromatic rings. The zero-order chi connectivity index (χ0) is 24.1. The quantitative estimate of drug-likeness (QED) is 0.198. The first-order valence-corrected chi connectivity index (χ1v) is 13.1. The molecule has 1 aromatic carbocycles. The molecule has 0 unspecified atom stereocenters. The largest absolute Gasteiger partial charge is 0.494 e. The summed E-state index contributed by atoms with van der Waals surface area (Å²) in [7, 11) is 1.66. The van der Waals surface area contributed by atoms with Gasteiger partial charge in [0, 0.05) is 37.7 Å². The van der Waals surface area contributed by atoms with Crippen molar-refractivity contribution in [2.24, 2.45) is 0 Å². The van der Waals surface area contributed by atoms with E-state index in [-0.39, 0.29) is 0 Å². The van der Waals surface area contributed by atoms with E-state index in [1.807, 2.05) is 36.4 Å². The number of methoxy groups -OCH3 is 1. The van der Waals surface area contributed by atoms with E-state index >= 15 is 0 Å².